The van der Waals surface area contributed by atoms with Crippen molar-refractivity contribution < 1.29 is 9.18 Å². The Hall–Kier alpha value is -2.23. The number of amides is 1. The zero-order valence-corrected chi connectivity index (χ0v) is 10.7. The number of pyridine rings is 1. The third kappa shape index (κ3) is 3.61. The number of carbonyl (C=O) groups excluding carboxylic acids is 1. The highest BCUT2D eigenvalue weighted by Gasteiger charge is 2.07. The number of aromatic nitrogens is 1. The molecule has 2 rings (SSSR count). The number of benzene rings is 1. The second kappa shape index (κ2) is 6.09. The van der Waals surface area contributed by atoms with Gasteiger partial charge in [0.1, 0.15) is 5.82 Å². The van der Waals surface area contributed by atoms with Gasteiger partial charge >= 0.3 is 0 Å². The van der Waals surface area contributed by atoms with Crippen molar-refractivity contribution >= 4 is 11.6 Å². The maximum atomic E-state index is 13.4. The molecule has 0 aliphatic heterocycles. The molecule has 19 heavy (non-hydrogen) atoms. The van der Waals surface area contributed by atoms with Crippen LogP contribution in [0.25, 0.3) is 0 Å². The van der Waals surface area contributed by atoms with E-state index >= 15 is 0 Å². The molecule has 0 saturated carbocycles. The highest BCUT2D eigenvalue weighted by atomic mass is 19.1. The Morgan fingerprint density at radius 3 is 2.84 bits per heavy atom. The fourth-order valence-electron chi connectivity index (χ4n) is 1.76. The molecule has 1 amide bonds. The van der Waals surface area contributed by atoms with Gasteiger partial charge in [0, 0.05) is 12.6 Å². The first kappa shape index (κ1) is 13.2. The molecule has 0 atom stereocenters. The summed E-state index contributed by atoms with van der Waals surface area (Å²) in [7, 11) is 0. The minimum absolute atomic E-state index is 0.139. The quantitative estimate of drug-likeness (QED) is 0.915. The monoisotopic (exact) mass is 258 g/mol. The van der Waals surface area contributed by atoms with E-state index in [1.165, 1.54) is 6.07 Å². The van der Waals surface area contributed by atoms with E-state index in [1.54, 1.807) is 30.6 Å². The van der Waals surface area contributed by atoms with Crippen molar-refractivity contribution in [3.63, 3.8) is 0 Å². The van der Waals surface area contributed by atoms with Crippen LogP contribution in [0, 0.1) is 12.7 Å². The fraction of sp³-hybridized carbons (Fsp3) is 0.200. The van der Waals surface area contributed by atoms with Crippen LogP contribution in [0.2, 0.25) is 0 Å². The molecule has 0 unspecified atom stereocenters. The number of nitrogens with one attached hydrogen (secondary N) is 1. The Balaban J connectivity index is 1.92. The van der Waals surface area contributed by atoms with Gasteiger partial charge in [0.15, 0.2) is 0 Å². The van der Waals surface area contributed by atoms with Crippen LogP contribution in [0.5, 0.6) is 0 Å². The lowest BCUT2D eigenvalue weighted by atomic mass is 10.1. The molecular formula is C15H15FN2O. The minimum atomic E-state index is -0.271. The molecule has 4 heteroatoms. The number of nitrogens with zero attached hydrogens (tertiary/aromatic N) is 1. The van der Waals surface area contributed by atoms with Gasteiger partial charge in [0.25, 0.3) is 0 Å². The molecule has 1 heterocycles. The fourth-order valence-corrected chi connectivity index (χ4v) is 1.76. The van der Waals surface area contributed by atoms with Crippen molar-refractivity contribution in [1.82, 2.24) is 4.98 Å². The van der Waals surface area contributed by atoms with E-state index in [0.717, 1.165) is 5.56 Å². The van der Waals surface area contributed by atoms with Crippen LogP contribution >= 0.6 is 0 Å². The smallest absolute Gasteiger partial charge is 0.224 e. The third-order valence-electron chi connectivity index (χ3n) is 2.89. The van der Waals surface area contributed by atoms with E-state index in [0.29, 0.717) is 17.7 Å². The molecule has 0 aliphatic carbocycles. The van der Waals surface area contributed by atoms with Gasteiger partial charge in [0.05, 0.1) is 11.9 Å². The van der Waals surface area contributed by atoms with Crippen molar-refractivity contribution in [2.75, 3.05) is 5.32 Å². The number of anilines is 1. The number of hydrogen-bond acceptors (Lipinski definition) is 2. The van der Waals surface area contributed by atoms with Crippen molar-refractivity contribution in [2.45, 2.75) is 19.8 Å². The van der Waals surface area contributed by atoms with E-state index in [2.05, 4.69) is 10.3 Å². The lowest BCUT2D eigenvalue weighted by Crippen LogP contribution is -2.13. The maximum Gasteiger partial charge on any atom is 0.224 e. The van der Waals surface area contributed by atoms with Gasteiger partial charge in [-0.05, 0) is 36.6 Å². The molecular weight excluding hydrogens is 243 g/mol. The van der Waals surface area contributed by atoms with Gasteiger partial charge in [-0.25, -0.2) is 4.39 Å². The topological polar surface area (TPSA) is 42.0 Å². The van der Waals surface area contributed by atoms with Gasteiger partial charge in [-0.3, -0.25) is 9.78 Å². The first-order chi connectivity index (χ1) is 9.16. The molecule has 1 aromatic heterocycles. The Morgan fingerprint density at radius 2 is 2.11 bits per heavy atom. The predicted octanol–water partition coefficient (Wildman–Crippen LogP) is 3.10. The highest BCUT2D eigenvalue weighted by molar-refractivity contribution is 5.91. The average molecular weight is 258 g/mol. The van der Waals surface area contributed by atoms with E-state index in [-0.39, 0.29) is 18.1 Å². The van der Waals surface area contributed by atoms with Gasteiger partial charge < -0.3 is 5.32 Å². The predicted molar refractivity (Wildman–Crippen MR) is 72.3 cm³/mol. The summed E-state index contributed by atoms with van der Waals surface area (Å²) in [5.41, 5.74) is 2.20. The van der Waals surface area contributed by atoms with Crippen LogP contribution in [-0.2, 0) is 11.2 Å². The molecule has 98 valence electrons. The maximum absolute atomic E-state index is 13.4. The first-order valence-corrected chi connectivity index (χ1v) is 6.10. The van der Waals surface area contributed by atoms with Gasteiger partial charge in [-0.2, -0.15) is 0 Å². The Morgan fingerprint density at radius 1 is 1.32 bits per heavy atom. The number of rotatable bonds is 4. The third-order valence-corrected chi connectivity index (χ3v) is 2.89. The van der Waals surface area contributed by atoms with Crippen molar-refractivity contribution in [3.8, 4) is 0 Å². The molecule has 0 radical (unpaired) electrons. The molecule has 0 fully saturated rings. The molecule has 0 bridgehead atoms. The van der Waals surface area contributed by atoms with Crippen LogP contribution in [0.4, 0.5) is 10.1 Å². The molecule has 0 spiro atoms. The van der Waals surface area contributed by atoms with E-state index < -0.39 is 0 Å². The number of halogens is 1. The first-order valence-electron chi connectivity index (χ1n) is 6.10. The van der Waals surface area contributed by atoms with Gasteiger partial charge in [-0.15, -0.1) is 0 Å². The molecule has 0 saturated heterocycles. The SMILES string of the molecule is Cc1ccncc1NC(=O)CCc1ccccc1F. The van der Waals surface area contributed by atoms with Crippen LogP contribution < -0.4 is 5.32 Å². The Kier molecular flexibility index (Phi) is 4.23. The van der Waals surface area contributed by atoms with E-state index in [1.807, 2.05) is 13.0 Å². The standard InChI is InChI=1S/C15H15FN2O/c1-11-8-9-17-10-14(11)18-15(19)7-6-12-4-2-3-5-13(12)16/h2-5,8-10H,6-7H2,1H3,(H,18,19). The normalized spacial score (nSPS) is 10.2. The summed E-state index contributed by atoms with van der Waals surface area (Å²) in [5, 5.41) is 2.78. The summed E-state index contributed by atoms with van der Waals surface area (Å²) >= 11 is 0. The summed E-state index contributed by atoms with van der Waals surface area (Å²) in [6.07, 6.45) is 3.91. The van der Waals surface area contributed by atoms with Crippen molar-refractivity contribution in [2.24, 2.45) is 0 Å². The lowest BCUT2D eigenvalue weighted by Gasteiger charge is -2.07. The summed E-state index contributed by atoms with van der Waals surface area (Å²) < 4.78 is 13.4. The Labute approximate surface area is 111 Å². The van der Waals surface area contributed by atoms with Crippen LogP contribution in [0.3, 0.4) is 0 Å². The van der Waals surface area contributed by atoms with Gasteiger partial charge in [0.2, 0.25) is 5.91 Å². The second-order valence-corrected chi connectivity index (χ2v) is 4.33. The molecule has 2 aromatic rings. The number of carbonyl (C=O) groups is 1. The second-order valence-electron chi connectivity index (χ2n) is 4.33. The van der Waals surface area contributed by atoms with Crippen LogP contribution in [0.15, 0.2) is 42.7 Å². The van der Waals surface area contributed by atoms with E-state index in [9.17, 15) is 9.18 Å². The average Bonchev–Trinajstić information content (AvgIpc) is 2.40. The van der Waals surface area contributed by atoms with Crippen LogP contribution in [0.1, 0.15) is 17.5 Å². The summed E-state index contributed by atoms with van der Waals surface area (Å²) in [6.45, 7) is 1.90. The van der Waals surface area contributed by atoms with Gasteiger partial charge in [-0.1, -0.05) is 18.2 Å². The zero-order valence-electron chi connectivity index (χ0n) is 10.7. The summed E-state index contributed by atoms with van der Waals surface area (Å²) in [5.74, 6) is -0.410. The summed E-state index contributed by atoms with van der Waals surface area (Å²) in [6, 6.07) is 8.32. The molecule has 3 nitrogen and oxygen atoms in total. The highest BCUT2D eigenvalue weighted by Crippen LogP contribution is 2.13. The van der Waals surface area contributed by atoms with Crippen molar-refractivity contribution in [3.05, 3.63) is 59.7 Å². The zero-order chi connectivity index (χ0) is 13.7. The lowest BCUT2D eigenvalue weighted by molar-refractivity contribution is -0.116. The summed E-state index contributed by atoms with van der Waals surface area (Å²) in [4.78, 5) is 15.7. The largest absolute Gasteiger partial charge is 0.325 e. The Bertz CT molecular complexity index is 584. The number of hydrogen-bond donors (Lipinski definition) is 1. The van der Waals surface area contributed by atoms with Crippen LogP contribution in [-0.4, -0.2) is 10.9 Å². The molecule has 1 N–H and O–H groups in total. The molecule has 1 aromatic carbocycles. The van der Waals surface area contributed by atoms with Crippen molar-refractivity contribution in [1.29, 1.82) is 0 Å². The number of aryl methyl sites for hydroxylation is 2. The van der Waals surface area contributed by atoms with E-state index in [4.69, 9.17) is 0 Å². The minimum Gasteiger partial charge on any atom is -0.325 e. The molecule has 0 aliphatic rings.